The number of rotatable bonds is 5. The van der Waals surface area contributed by atoms with Crippen molar-refractivity contribution in [2.24, 2.45) is 5.41 Å². The monoisotopic (exact) mass is 314 g/mol. The van der Waals surface area contributed by atoms with Gasteiger partial charge in [0.05, 0.1) is 12.1 Å². The van der Waals surface area contributed by atoms with Crippen molar-refractivity contribution in [3.8, 4) is 0 Å². The first-order chi connectivity index (χ1) is 11.1. The maximum Gasteiger partial charge on any atom is 0.313 e. The fraction of sp³-hybridized carbons (Fsp3) is 0.444. The summed E-state index contributed by atoms with van der Waals surface area (Å²) in [6.07, 6.45) is 2.43. The lowest BCUT2D eigenvalue weighted by molar-refractivity contribution is -0.151. The van der Waals surface area contributed by atoms with E-state index in [1.54, 1.807) is 7.11 Å². The Morgan fingerprint density at radius 2 is 2.26 bits per heavy atom. The summed E-state index contributed by atoms with van der Waals surface area (Å²) < 4.78 is 5.16. The van der Waals surface area contributed by atoms with E-state index in [9.17, 15) is 9.90 Å². The Kier molecular flexibility index (Phi) is 4.33. The molecule has 5 nitrogen and oxygen atoms in total. The average Bonchev–Trinajstić information content (AvgIpc) is 2.95. The summed E-state index contributed by atoms with van der Waals surface area (Å²) in [7, 11) is 1.56. The standard InChI is InChI=1S/C18H22N2O3/c1-13-5-6-14(16-15(13)4-3-8-19-16)10-20-9-7-18(11-20,12-23-2)17(21)22/h3-6,8H,7,9-12H2,1-2H3,(H,21,22). The Morgan fingerprint density at radius 3 is 3.00 bits per heavy atom. The molecule has 0 amide bonds. The molecule has 2 aromatic rings. The van der Waals surface area contributed by atoms with E-state index < -0.39 is 11.4 Å². The molecule has 3 rings (SSSR count). The van der Waals surface area contributed by atoms with E-state index in [1.807, 2.05) is 12.3 Å². The number of carboxylic acids is 1. The van der Waals surface area contributed by atoms with Gasteiger partial charge >= 0.3 is 5.97 Å². The number of carbonyl (C=O) groups is 1. The van der Waals surface area contributed by atoms with Crippen LogP contribution in [0.1, 0.15) is 17.5 Å². The number of hydrogen-bond donors (Lipinski definition) is 1. The Labute approximate surface area is 135 Å². The molecule has 2 heterocycles. The van der Waals surface area contributed by atoms with Gasteiger partial charge in [0.1, 0.15) is 5.41 Å². The molecular formula is C18H22N2O3. The molecule has 1 fully saturated rings. The van der Waals surface area contributed by atoms with Crippen LogP contribution in [0.25, 0.3) is 10.9 Å². The minimum absolute atomic E-state index is 0.256. The number of hydrogen-bond acceptors (Lipinski definition) is 4. The number of likely N-dealkylation sites (tertiary alicyclic amines) is 1. The lowest BCUT2D eigenvalue weighted by Crippen LogP contribution is -2.38. The molecule has 5 heteroatoms. The van der Waals surface area contributed by atoms with E-state index in [0.29, 0.717) is 19.5 Å². The predicted molar refractivity (Wildman–Crippen MR) is 88.3 cm³/mol. The quantitative estimate of drug-likeness (QED) is 0.918. The van der Waals surface area contributed by atoms with Crippen molar-refractivity contribution in [1.29, 1.82) is 0 Å². The molecule has 1 unspecified atom stereocenters. The highest BCUT2D eigenvalue weighted by Crippen LogP contribution is 2.33. The molecule has 1 atom stereocenters. The summed E-state index contributed by atoms with van der Waals surface area (Å²) in [6, 6.07) is 8.23. The highest BCUT2D eigenvalue weighted by Gasteiger charge is 2.44. The topological polar surface area (TPSA) is 62.7 Å². The van der Waals surface area contributed by atoms with Gasteiger partial charge in [-0.3, -0.25) is 14.7 Å². The van der Waals surface area contributed by atoms with Crippen molar-refractivity contribution < 1.29 is 14.6 Å². The van der Waals surface area contributed by atoms with Gasteiger partial charge in [0, 0.05) is 31.8 Å². The van der Waals surface area contributed by atoms with Gasteiger partial charge in [-0.05, 0) is 37.1 Å². The number of nitrogens with zero attached hydrogens (tertiary/aromatic N) is 2. The van der Waals surface area contributed by atoms with E-state index in [1.165, 1.54) is 5.56 Å². The molecule has 0 spiro atoms. The first kappa shape index (κ1) is 15.9. The second-order valence-electron chi connectivity index (χ2n) is 6.42. The lowest BCUT2D eigenvalue weighted by atomic mass is 9.88. The van der Waals surface area contributed by atoms with Crippen LogP contribution in [0.3, 0.4) is 0 Å². The largest absolute Gasteiger partial charge is 0.481 e. The number of fused-ring (bicyclic) bond motifs is 1. The number of pyridine rings is 1. The van der Waals surface area contributed by atoms with Crippen LogP contribution in [0.5, 0.6) is 0 Å². The number of aromatic nitrogens is 1. The first-order valence-corrected chi connectivity index (χ1v) is 7.84. The summed E-state index contributed by atoms with van der Waals surface area (Å²) in [5.41, 5.74) is 2.57. The minimum Gasteiger partial charge on any atom is -0.481 e. The molecule has 0 saturated carbocycles. The van der Waals surface area contributed by atoms with Crippen LogP contribution in [0.15, 0.2) is 30.5 Å². The zero-order valence-electron chi connectivity index (χ0n) is 13.6. The van der Waals surface area contributed by atoms with E-state index >= 15 is 0 Å². The molecule has 1 saturated heterocycles. The van der Waals surface area contributed by atoms with Gasteiger partial charge < -0.3 is 9.84 Å². The zero-order valence-corrected chi connectivity index (χ0v) is 13.6. The van der Waals surface area contributed by atoms with Crippen molar-refractivity contribution in [1.82, 2.24) is 9.88 Å². The van der Waals surface area contributed by atoms with Crippen LogP contribution in [-0.4, -0.2) is 47.8 Å². The van der Waals surface area contributed by atoms with Crippen LogP contribution in [0, 0.1) is 12.3 Å². The summed E-state index contributed by atoms with van der Waals surface area (Å²) in [4.78, 5) is 18.4. The van der Waals surface area contributed by atoms with Gasteiger partial charge in [0.25, 0.3) is 0 Å². The second-order valence-corrected chi connectivity index (χ2v) is 6.42. The fourth-order valence-corrected chi connectivity index (χ4v) is 3.47. The summed E-state index contributed by atoms with van der Waals surface area (Å²) in [5, 5.41) is 10.7. The fourth-order valence-electron chi connectivity index (χ4n) is 3.47. The molecule has 1 aromatic heterocycles. The van der Waals surface area contributed by atoms with Crippen LogP contribution in [-0.2, 0) is 16.1 Å². The number of aliphatic carboxylic acids is 1. The third-order valence-corrected chi connectivity index (χ3v) is 4.77. The van der Waals surface area contributed by atoms with E-state index in [-0.39, 0.29) is 6.61 Å². The van der Waals surface area contributed by atoms with Gasteiger partial charge in [-0.1, -0.05) is 18.2 Å². The normalized spacial score (nSPS) is 21.8. The molecule has 0 aliphatic carbocycles. The third kappa shape index (κ3) is 2.94. The minimum atomic E-state index is -0.789. The lowest BCUT2D eigenvalue weighted by Gasteiger charge is -2.24. The molecule has 23 heavy (non-hydrogen) atoms. The van der Waals surface area contributed by atoms with Gasteiger partial charge in [0.2, 0.25) is 0 Å². The smallest absolute Gasteiger partial charge is 0.313 e. The van der Waals surface area contributed by atoms with Gasteiger partial charge in [-0.2, -0.15) is 0 Å². The molecule has 0 radical (unpaired) electrons. The highest BCUT2D eigenvalue weighted by molar-refractivity contribution is 5.84. The van der Waals surface area contributed by atoms with Crippen molar-refractivity contribution in [3.63, 3.8) is 0 Å². The van der Waals surface area contributed by atoms with E-state index in [2.05, 4.69) is 35.0 Å². The Balaban J connectivity index is 1.84. The van der Waals surface area contributed by atoms with Crippen molar-refractivity contribution in [3.05, 3.63) is 41.6 Å². The number of aryl methyl sites for hydroxylation is 1. The summed E-state index contributed by atoms with van der Waals surface area (Å²) in [5.74, 6) is -0.770. The number of methoxy groups -OCH3 is 1. The molecule has 1 N–H and O–H groups in total. The Hall–Kier alpha value is -1.98. The predicted octanol–water partition coefficient (Wildman–Crippen LogP) is 2.47. The van der Waals surface area contributed by atoms with Crippen molar-refractivity contribution in [2.75, 3.05) is 26.8 Å². The van der Waals surface area contributed by atoms with Crippen LogP contribution >= 0.6 is 0 Å². The van der Waals surface area contributed by atoms with Gasteiger partial charge in [0.15, 0.2) is 0 Å². The number of ether oxygens (including phenoxy) is 1. The molecule has 1 aliphatic rings. The average molecular weight is 314 g/mol. The van der Waals surface area contributed by atoms with Crippen LogP contribution in [0.2, 0.25) is 0 Å². The maximum absolute atomic E-state index is 11.6. The number of benzene rings is 1. The van der Waals surface area contributed by atoms with Gasteiger partial charge in [-0.15, -0.1) is 0 Å². The summed E-state index contributed by atoms with van der Waals surface area (Å²) in [6.45, 7) is 4.33. The SMILES string of the molecule is COCC1(C(=O)O)CCN(Cc2ccc(C)c3cccnc23)C1. The maximum atomic E-state index is 11.6. The molecular weight excluding hydrogens is 292 g/mol. The molecule has 122 valence electrons. The molecule has 0 bridgehead atoms. The highest BCUT2D eigenvalue weighted by atomic mass is 16.5. The number of carboxylic acid groups (broad SMARTS) is 1. The van der Waals surface area contributed by atoms with Crippen molar-refractivity contribution >= 4 is 16.9 Å². The van der Waals surface area contributed by atoms with Crippen LogP contribution in [0.4, 0.5) is 0 Å². The molecule has 1 aliphatic heterocycles. The zero-order chi connectivity index (χ0) is 16.4. The third-order valence-electron chi connectivity index (χ3n) is 4.77. The van der Waals surface area contributed by atoms with Gasteiger partial charge in [-0.25, -0.2) is 0 Å². The summed E-state index contributed by atoms with van der Waals surface area (Å²) >= 11 is 0. The van der Waals surface area contributed by atoms with Crippen molar-refractivity contribution in [2.45, 2.75) is 19.9 Å². The first-order valence-electron chi connectivity index (χ1n) is 7.84. The molecule has 1 aromatic carbocycles. The van der Waals surface area contributed by atoms with E-state index in [0.717, 1.165) is 23.0 Å². The Morgan fingerprint density at radius 1 is 1.43 bits per heavy atom. The second kappa shape index (κ2) is 6.26. The van der Waals surface area contributed by atoms with Crippen LogP contribution < -0.4 is 0 Å². The Bertz CT molecular complexity index is 731. The van der Waals surface area contributed by atoms with E-state index in [4.69, 9.17) is 4.74 Å².